The lowest BCUT2D eigenvalue weighted by Crippen LogP contribution is -2.33. The second-order valence-corrected chi connectivity index (χ2v) is 4.46. The molecule has 4 heteroatoms. The summed E-state index contributed by atoms with van der Waals surface area (Å²) in [6.45, 7) is 4.65. The maximum atomic E-state index is 11.7. The van der Waals surface area contributed by atoms with E-state index in [2.05, 4.69) is 5.32 Å². The number of hydrogen-bond donors (Lipinski definition) is 2. The van der Waals surface area contributed by atoms with Crippen molar-refractivity contribution in [1.82, 2.24) is 5.32 Å². The molecule has 0 heterocycles. The van der Waals surface area contributed by atoms with Gasteiger partial charge in [0.05, 0.1) is 6.61 Å². The fourth-order valence-corrected chi connectivity index (χ4v) is 1.80. The molecule has 1 rings (SSSR count). The highest BCUT2D eigenvalue weighted by molar-refractivity contribution is 5.91. The molecule has 1 aromatic rings. The minimum Gasteiger partial charge on any atom is -0.494 e. The third-order valence-corrected chi connectivity index (χ3v) is 2.94. The van der Waals surface area contributed by atoms with Crippen LogP contribution in [0.1, 0.15) is 32.3 Å². The number of aliphatic hydroxyl groups excluding tert-OH is 1. The van der Waals surface area contributed by atoms with Crippen molar-refractivity contribution in [3.63, 3.8) is 0 Å². The van der Waals surface area contributed by atoms with Crippen molar-refractivity contribution < 1.29 is 14.6 Å². The number of carbonyl (C=O) groups is 1. The van der Waals surface area contributed by atoms with E-state index >= 15 is 0 Å². The van der Waals surface area contributed by atoms with Gasteiger partial charge in [0, 0.05) is 18.7 Å². The molecule has 0 radical (unpaired) electrons. The van der Waals surface area contributed by atoms with Gasteiger partial charge in [0.25, 0.3) is 0 Å². The van der Waals surface area contributed by atoms with E-state index in [1.165, 1.54) is 6.08 Å². The number of benzene rings is 1. The van der Waals surface area contributed by atoms with Crippen LogP contribution < -0.4 is 10.1 Å². The number of ether oxygens (including phenoxy) is 1. The molecule has 0 aliphatic heterocycles. The highest BCUT2D eigenvalue weighted by Gasteiger charge is 2.06. The fourth-order valence-electron chi connectivity index (χ4n) is 1.80. The standard InChI is InChI=1S/C16H23NO3/c1-3-14(11-12-18)17-16(19)10-7-13-5-8-15(9-6-13)20-4-2/h5-10,14,18H,3-4,11-12H2,1-2H3,(H,17,19)/b10-7+. The molecule has 1 aromatic carbocycles. The number of aliphatic hydroxyl groups is 1. The molecule has 20 heavy (non-hydrogen) atoms. The Morgan fingerprint density at radius 2 is 2.05 bits per heavy atom. The highest BCUT2D eigenvalue weighted by Crippen LogP contribution is 2.13. The smallest absolute Gasteiger partial charge is 0.244 e. The van der Waals surface area contributed by atoms with Gasteiger partial charge in [0.1, 0.15) is 5.75 Å². The molecule has 0 spiro atoms. The predicted molar refractivity (Wildman–Crippen MR) is 80.6 cm³/mol. The van der Waals surface area contributed by atoms with Crippen molar-refractivity contribution in [2.45, 2.75) is 32.7 Å². The molecule has 0 aromatic heterocycles. The minimum absolute atomic E-state index is 0.0254. The summed E-state index contributed by atoms with van der Waals surface area (Å²) in [7, 11) is 0. The van der Waals surface area contributed by atoms with Crippen LogP contribution in [0, 0.1) is 0 Å². The quantitative estimate of drug-likeness (QED) is 0.717. The minimum atomic E-state index is -0.140. The molecule has 0 saturated carbocycles. The van der Waals surface area contributed by atoms with Gasteiger partial charge in [0.2, 0.25) is 5.91 Å². The van der Waals surface area contributed by atoms with Crippen molar-refractivity contribution in [1.29, 1.82) is 0 Å². The Balaban J connectivity index is 2.51. The zero-order chi connectivity index (χ0) is 14.8. The Morgan fingerprint density at radius 1 is 1.35 bits per heavy atom. The second kappa shape index (κ2) is 9.15. The summed E-state index contributed by atoms with van der Waals surface area (Å²) in [5.41, 5.74) is 0.943. The Labute approximate surface area is 120 Å². The van der Waals surface area contributed by atoms with Gasteiger partial charge in [-0.05, 0) is 43.5 Å². The van der Waals surface area contributed by atoms with Crippen molar-refractivity contribution in [3.8, 4) is 5.75 Å². The topological polar surface area (TPSA) is 58.6 Å². The van der Waals surface area contributed by atoms with E-state index in [-0.39, 0.29) is 18.6 Å². The number of hydrogen-bond acceptors (Lipinski definition) is 3. The molecule has 0 aliphatic carbocycles. The van der Waals surface area contributed by atoms with Crippen LogP contribution in [0.4, 0.5) is 0 Å². The van der Waals surface area contributed by atoms with Crippen LogP contribution in [0.5, 0.6) is 5.75 Å². The fraction of sp³-hybridized carbons (Fsp3) is 0.438. The van der Waals surface area contributed by atoms with Gasteiger partial charge >= 0.3 is 0 Å². The first-order chi connectivity index (χ1) is 9.69. The summed E-state index contributed by atoms with van der Waals surface area (Å²) in [4.78, 5) is 11.7. The molecule has 1 amide bonds. The average Bonchev–Trinajstić information content (AvgIpc) is 2.46. The Hall–Kier alpha value is -1.81. The maximum Gasteiger partial charge on any atom is 0.244 e. The lowest BCUT2D eigenvalue weighted by molar-refractivity contribution is -0.117. The van der Waals surface area contributed by atoms with Crippen LogP contribution >= 0.6 is 0 Å². The lowest BCUT2D eigenvalue weighted by atomic mass is 10.1. The molecule has 2 N–H and O–H groups in total. The average molecular weight is 277 g/mol. The van der Waals surface area contributed by atoms with E-state index < -0.39 is 0 Å². The van der Waals surface area contributed by atoms with Crippen LogP contribution in [0.15, 0.2) is 30.3 Å². The molecular formula is C16H23NO3. The van der Waals surface area contributed by atoms with E-state index in [0.717, 1.165) is 17.7 Å². The van der Waals surface area contributed by atoms with Crippen molar-refractivity contribution in [2.75, 3.05) is 13.2 Å². The first kappa shape index (κ1) is 16.2. The summed E-state index contributed by atoms with van der Waals surface area (Å²) in [5.74, 6) is 0.683. The van der Waals surface area contributed by atoms with Crippen LogP contribution in [0.25, 0.3) is 6.08 Å². The first-order valence-electron chi connectivity index (χ1n) is 7.01. The zero-order valence-corrected chi connectivity index (χ0v) is 12.1. The van der Waals surface area contributed by atoms with E-state index in [1.807, 2.05) is 38.1 Å². The zero-order valence-electron chi connectivity index (χ0n) is 12.1. The van der Waals surface area contributed by atoms with E-state index in [9.17, 15) is 4.79 Å². The Bertz CT molecular complexity index is 426. The molecule has 0 bridgehead atoms. The molecular weight excluding hydrogens is 254 g/mol. The van der Waals surface area contributed by atoms with Gasteiger partial charge in [-0.1, -0.05) is 19.1 Å². The van der Waals surface area contributed by atoms with Gasteiger partial charge in [0.15, 0.2) is 0 Å². The van der Waals surface area contributed by atoms with E-state index in [4.69, 9.17) is 9.84 Å². The van der Waals surface area contributed by atoms with Crippen LogP contribution in [0.2, 0.25) is 0 Å². The van der Waals surface area contributed by atoms with Crippen LogP contribution in [-0.4, -0.2) is 30.3 Å². The monoisotopic (exact) mass is 277 g/mol. The van der Waals surface area contributed by atoms with Gasteiger partial charge in [-0.3, -0.25) is 4.79 Å². The van der Waals surface area contributed by atoms with E-state index in [1.54, 1.807) is 6.08 Å². The summed E-state index contributed by atoms with van der Waals surface area (Å²) in [6.07, 6.45) is 4.66. The van der Waals surface area contributed by atoms with E-state index in [0.29, 0.717) is 13.0 Å². The number of rotatable bonds is 8. The largest absolute Gasteiger partial charge is 0.494 e. The second-order valence-electron chi connectivity index (χ2n) is 4.46. The molecule has 1 atom stereocenters. The maximum absolute atomic E-state index is 11.7. The predicted octanol–water partition coefficient (Wildman–Crippen LogP) is 2.38. The van der Waals surface area contributed by atoms with Crippen LogP contribution in [0.3, 0.4) is 0 Å². The van der Waals surface area contributed by atoms with Gasteiger partial charge in [-0.2, -0.15) is 0 Å². The Kier molecular flexibility index (Phi) is 7.43. The molecule has 0 aliphatic rings. The number of carbonyl (C=O) groups excluding carboxylic acids is 1. The molecule has 0 fully saturated rings. The Morgan fingerprint density at radius 3 is 2.60 bits per heavy atom. The highest BCUT2D eigenvalue weighted by atomic mass is 16.5. The third kappa shape index (κ3) is 5.89. The molecule has 110 valence electrons. The number of nitrogens with one attached hydrogen (secondary N) is 1. The van der Waals surface area contributed by atoms with Crippen molar-refractivity contribution >= 4 is 12.0 Å². The molecule has 0 saturated heterocycles. The van der Waals surface area contributed by atoms with Gasteiger partial charge in [-0.25, -0.2) is 0 Å². The molecule has 1 unspecified atom stereocenters. The number of amides is 1. The third-order valence-electron chi connectivity index (χ3n) is 2.94. The lowest BCUT2D eigenvalue weighted by Gasteiger charge is -2.13. The van der Waals surface area contributed by atoms with Crippen molar-refractivity contribution in [2.24, 2.45) is 0 Å². The van der Waals surface area contributed by atoms with Crippen molar-refractivity contribution in [3.05, 3.63) is 35.9 Å². The normalized spacial score (nSPS) is 12.3. The summed E-state index contributed by atoms with van der Waals surface area (Å²) in [5, 5.41) is 11.7. The summed E-state index contributed by atoms with van der Waals surface area (Å²) in [6, 6.07) is 7.58. The summed E-state index contributed by atoms with van der Waals surface area (Å²) < 4.78 is 5.35. The summed E-state index contributed by atoms with van der Waals surface area (Å²) >= 11 is 0. The molecule has 4 nitrogen and oxygen atoms in total. The first-order valence-corrected chi connectivity index (χ1v) is 7.01. The van der Waals surface area contributed by atoms with Crippen LogP contribution in [-0.2, 0) is 4.79 Å². The SMILES string of the molecule is CCOc1ccc(/C=C/C(=O)NC(CC)CCO)cc1. The van der Waals surface area contributed by atoms with Gasteiger partial charge < -0.3 is 15.2 Å². The van der Waals surface area contributed by atoms with Gasteiger partial charge in [-0.15, -0.1) is 0 Å².